The summed E-state index contributed by atoms with van der Waals surface area (Å²) >= 11 is 3.53. The number of nitrogens with zero attached hydrogens (tertiary/aromatic N) is 2. The fourth-order valence-electron chi connectivity index (χ4n) is 1.38. The van der Waals surface area contributed by atoms with Crippen LogP contribution in [0.15, 0.2) is 4.47 Å². The number of hydrogen-bond acceptors (Lipinski definition) is 2. The van der Waals surface area contributed by atoms with E-state index < -0.39 is 0 Å². The molecule has 0 aliphatic carbocycles. The van der Waals surface area contributed by atoms with Crippen molar-refractivity contribution in [3.05, 3.63) is 15.9 Å². The summed E-state index contributed by atoms with van der Waals surface area (Å²) in [4.78, 5) is 0. The van der Waals surface area contributed by atoms with Crippen LogP contribution in [0.4, 0.5) is 0 Å². The Kier molecular flexibility index (Phi) is 3.50. The van der Waals surface area contributed by atoms with E-state index in [0.717, 1.165) is 16.6 Å². The molecule has 0 atom stereocenters. The minimum atomic E-state index is 0.395. The molecule has 0 saturated carbocycles. The molecule has 0 spiro atoms. The Morgan fingerprint density at radius 1 is 1.54 bits per heavy atom. The van der Waals surface area contributed by atoms with Gasteiger partial charge in [-0.3, -0.25) is 4.68 Å². The molecule has 0 unspecified atom stereocenters. The molecule has 2 N–H and O–H groups in total. The van der Waals surface area contributed by atoms with E-state index in [0.29, 0.717) is 12.6 Å². The average molecular weight is 246 g/mol. The van der Waals surface area contributed by atoms with Gasteiger partial charge in [0.2, 0.25) is 0 Å². The van der Waals surface area contributed by atoms with E-state index in [9.17, 15) is 0 Å². The normalized spacial score (nSPS) is 11.2. The van der Waals surface area contributed by atoms with Crippen LogP contribution in [0, 0.1) is 0 Å². The molecular weight excluding hydrogens is 230 g/mol. The topological polar surface area (TPSA) is 43.8 Å². The Balaban J connectivity index is 3.19. The van der Waals surface area contributed by atoms with Crippen molar-refractivity contribution in [1.82, 2.24) is 9.78 Å². The summed E-state index contributed by atoms with van der Waals surface area (Å²) in [5, 5.41) is 4.44. The highest BCUT2D eigenvalue weighted by molar-refractivity contribution is 9.10. The van der Waals surface area contributed by atoms with Crippen LogP contribution in [0.3, 0.4) is 0 Å². The quantitative estimate of drug-likeness (QED) is 0.888. The lowest BCUT2D eigenvalue weighted by molar-refractivity contribution is 0.506. The summed E-state index contributed by atoms with van der Waals surface area (Å²) in [6.45, 7) is 6.87. The average Bonchev–Trinajstić information content (AvgIpc) is 2.42. The zero-order valence-electron chi connectivity index (χ0n) is 8.34. The maximum atomic E-state index is 5.58. The van der Waals surface area contributed by atoms with Crippen molar-refractivity contribution in [3.63, 3.8) is 0 Å². The lowest BCUT2D eigenvalue weighted by Crippen LogP contribution is -2.07. The van der Waals surface area contributed by atoms with E-state index in [4.69, 9.17) is 5.73 Å². The van der Waals surface area contributed by atoms with Crippen molar-refractivity contribution in [2.45, 2.75) is 39.8 Å². The van der Waals surface area contributed by atoms with Gasteiger partial charge < -0.3 is 5.73 Å². The smallest absolute Gasteiger partial charge is 0.0905 e. The third kappa shape index (κ3) is 1.94. The fraction of sp³-hybridized carbons (Fsp3) is 0.667. The number of aromatic nitrogens is 2. The first kappa shape index (κ1) is 10.7. The van der Waals surface area contributed by atoms with E-state index in [1.54, 1.807) is 0 Å². The molecule has 1 rings (SSSR count). The Labute approximate surface area is 87.4 Å². The molecule has 13 heavy (non-hydrogen) atoms. The Hall–Kier alpha value is -0.350. The number of hydrogen-bond donors (Lipinski definition) is 1. The molecule has 0 aromatic carbocycles. The Morgan fingerprint density at radius 2 is 2.15 bits per heavy atom. The Morgan fingerprint density at radius 3 is 2.46 bits per heavy atom. The van der Waals surface area contributed by atoms with E-state index >= 15 is 0 Å². The second kappa shape index (κ2) is 4.24. The molecule has 0 aliphatic heterocycles. The van der Waals surface area contributed by atoms with Crippen molar-refractivity contribution in [2.24, 2.45) is 5.73 Å². The maximum Gasteiger partial charge on any atom is 0.0905 e. The van der Waals surface area contributed by atoms with Gasteiger partial charge in [0.25, 0.3) is 0 Å². The summed E-state index contributed by atoms with van der Waals surface area (Å²) in [6, 6.07) is 0.395. The second-order valence-electron chi connectivity index (χ2n) is 3.30. The van der Waals surface area contributed by atoms with E-state index in [1.165, 1.54) is 5.69 Å². The third-order valence-electron chi connectivity index (χ3n) is 2.03. The molecule has 1 aromatic rings. The standard InChI is InChI=1S/C9H16BrN3/c1-4-8-9(10)7(5-11)12-13(8)6(2)3/h6H,4-5,11H2,1-3H3. The van der Waals surface area contributed by atoms with Crippen LogP contribution in [0.5, 0.6) is 0 Å². The molecule has 0 bridgehead atoms. The molecule has 0 saturated heterocycles. The minimum Gasteiger partial charge on any atom is -0.325 e. The van der Waals surface area contributed by atoms with Gasteiger partial charge in [-0.15, -0.1) is 0 Å². The van der Waals surface area contributed by atoms with Crippen LogP contribution in [-0.4, -0.2) is 9.78 Å². The highest BCUT2D eigenvalue weighted by atomic mass is 79.9. The lowest BCUT2D eigenvalue weighted by atomic mass is 10.3. The SMILES string of the molecule is CCc1c(Br)c(CN)nn1C(C)C. The number of rotatable bonds is 3. The highest BCUT2D eigenvalue weighted by Gasteiger charge is 2.14. The number of nitrogens with two attached hydrogens (primary N) is 1. The molecule has 4 heteroatoms. The molecule has 74 valence electrons. The van der Waals surface area contributed by atoms with Gasteiger partial charge in [-0.2, -0.15) is 5.10 Å². The molecule has 0 aliphatic rings. The zero-order valence-corrected chi connectivity index (χ0v) is 9.93. The molecule has 3 nitrogen and oxygen atoms in total. The fourth-order valence-corrected chi connectivity index (χ4v) is 2.08. The molecular formula is C9H16BrN3. The molecule has 0 amide bonds. The minimum absolute atomic E-state index is 0.395. The van der Waals surface area contributed by atoms with Crippen LogP contribution in [-0.2, 0) is 13.0 Å². The molecule has 1 heterocycles. The number of halogens is 1. The maximum absolute atomic E-state index is 5.58. The van der Waals surface area contributed by atoms with Crippen molar-refractivity contribution in [1.29, 1.82) is 0 Å². The predicted octanol–water partition coefficient (Wildman–Crippen LogP) is 2.25. The van der Waals surface area contributed by atoms with Gasteiger partial charge in [0.05, 0.1) is 15.9 Å². The molecule has 0 fully saturated rings. The van der Waals surface area contributed by atoms with Gasteiger partial charge in [-0.25, -0.2) is 0 Å². The third-order valence-corrected chi connectivity index (χ3v) is 2.94. The molecule has 1 aromatic heterocycles. The largest absolute Gasteiger partial charge is 0.325 e. The van der Waals surface area contributed by atoms with Crippen LogP contribution < -0.4 is 5.73 Å². The van der Waals surface area contributed by atoms with Gasteiger partial charge in [0.15, 0.2) is 0 Å². The summed E-state index contributed by atoms with van der Waals surface area (Å²) in [7, 11) is 0. The van der Waals surface area contributed by atoms with Gasteiger partial charge in [-0.1, -0.05) is 6.92 Å². The first-order chi connectivity index (χ1) is 6.11. The predicted molar refractivity (Wildman–Crippen MR) is 57.6 cm³/mol. The highest BCUT2D eigenvalue weighted by Crippen LogP contribution is 2.24. The summed E-state index contributed by atoms with van der Waals surface area (Å²) in [5.41, 5.74) is 7.76. The Bertz CT molecular complexity index is 291. The zero-order chi connectivity index (χ0) is 10.0. The van der Waals surface area contributed by atoms with Crippen molar-refractivity contribution in [2.75, 3.05) is 0 Å². The summed E-state index contributed by atoms with van der Waals surface area (Å²) in [5.74, 6) is 0. The van der Waals surface area contributed by atoms with Gasteiger partial charge in [0.1, 0.15) is 0 Å². The van der Waals surface area contributed by atoms with Gasteiger partial charge in [-0.05, 0) is 36.2 Å². The summed E-state index contributed by atoms with van der Waals surface area (Å²) < 4.78 is 3.11. The van der Waals surface area contributed by atoms with E-state index in [-0.39, 0.29) is 0 Å². The lowest BCUT2D eigenvalue weighted by Gasteiger charge is -2.09. The van der Waals surface area contributed by atoms with E-state index in [1.807, 2.05) is 4.68 Å². The summed E-state index contributed by atoms with van der Waals surface area (Å²) in [6.07, 6.45) is 0.978. The molecule has 0 radical (unpaired) electrons. The van der Waals surface area contributed by atoms with Crippen LogP contribution in [0.1, 0.15) is 38.2 Å². The van der Waals surface area contributed by atoms with Crippen LogP contribution in [0.25, 0.3) is 0 Å². The van der Waals surface area contributed by atoms with Gasteiger partial charge >= 0.3 is 0 Å². The van der Waals surface area contributed by atoms with Crippen molar-refractivity contribution >= 4 is 15.9 Å². The van der Waals surface area contributed by atoms with Crippen molar-refractivity contribution < 1.29 is 0 Å². The van der Waals surface area contributed by atoms with Crippen LogP contribution >= 0.6 is 15.9 Å². The van der Waals surface area contributed by atoms with Crippen LogP contribution in [0.2, 0.25) is 0 Å². The van der Waals surface area contributed by atoms with Gasteiger partial charge in [0, 0.05) is 12.6 Å². The first-order valence-electron chi connectivity index (χ1n) is 4.57. The van der Waals surface area contributed by atoms with E-state index in [2.05, 4.69) is 41.8 Å². The van der Waals surface area contributed by atoms with Crippen molar-refractivity contribution in [3.8, 4) is 0 Å². The second-order valence-corrected chi connectivity index (χ2v) is 4.10. The monoisotopic (exact) mass is 245 g/mol. The first-order valence-corrected chi connectivity index (χ1v) is 5.36.